The Bertz CT molecular complexity index is 324. The van der Waals surface area contributed by atoms with Crippen molar-refractivity contribution in [3.05, 3.63) is 42.2 Å². The summed E-state index contributed by atoms with van der Waals surface area (Å²) >= 11 is 0. The highest BCUT2D eigenvalue weighted by molar-refractivity contribution is 5.88. The average Bonchev–Trinajstić information content (AvgIpc) is 2.28. The first-order valence-electron chi connectivity index (χ1n) is 3.50. The van der Waals surface area contributed by atoms with Crippen molar-refractivity contribution in [1.29, 1.82) is 0 Å². The summed E-state index contributed by atoms with van der Waals surface area (Å²) in [7, 11) is 0. The SMILES string of the molecule is C1=CNc2ccccc2C=N1.Cl.Cl.Cl. The predicted octanol–water partition coefficient (Wildman–Crippen LogP) is 3.27. The number of nitrogens with zero attached hydrogens (tertiary/aromatic N) is 1. The molecule has 78 valence electrons. The third kappa shape index (κ3) is 3.58. The summed E-state index contributed by atoms with van der Waals surface area (Å²) in [6.07, 6.45) is 5.40. The quantitative estimate of drug-likeness (QED) is 0.754. The van der Waals surface area contributed by atoms with Gasteiger partial charge in [0.25, 0.3) is 0 Å². The average molecular weight is 254 g/mol. The van der Waals surface area contributed by atoms with Crippen LogP contribution < -0.4 is 5.32 Å². The Morgan fingerprint density at radius 1 is 1.00 bits per heavy atom. The van der Waals surface area contributed by atoms with Gasteiger partial charge in [-0.2, -0.15) is 0 Å². The molecule has 5 heteroatoms. The molecule has 0 bridgehead atoms. The zero-order valence-corrected chi connectivity index (χ0v) is 9.66. The predicted molar refractivity (Wildman–Crippen MR) is 68.5 cm³/mol. The number of fused-ring (bicyclic) bond motifs is 1. The second kappa shape index (κ2) is 7.68. The van der Waals surface area contributed by atoms with Crippen molar-refractivity contribution in [1.82, 2.24) is 0 Å². The van der Waals surface area contributed by atoms with Crippen molar-refractivity contribution in [3.8, 4) is 0 Å². The third-order valence-corrected chi connectivity index (χ3v) is 1.57. The molecule has 1 aromatic rings. The molecule has 0 aromatic heterocycles. The Morgan fingerprint density at radius 2 is 1.71 bits per heavy atom. The van der Waals surface area contributed by atoms with Crippen LogP contribution in [0.3, 0.4) is 0 Å². The van der Waals surface area contributed by atoms with Crippen LogP contribution in [0.1, 0.15) is 5.56 Å². The van der Waals surface area contributed by atoms with Gasteiger partial charge in [-0.3, -0.25) is 4.99 Å². The minimum Gasteiger partial charge on any atom is -0.360 e. The van der Waals surface area contributed by atoms with E-state index in [1.807, 2.05) is 36.7 Å². The normalized spacial score (nSPS) is 10.6. The van der Waals surface area contributed by atoms with Crippen molar-refractivity contribution in [2.24, 2.45) is 4.99 Å². The van der Waals surface area contributed by atoms with Crippen molar-refractivity contribution in [2.45, 2.75) is 0 Å². The number of halogens is 3. The first kappa shape index (κ1) is 15.8. The van der Waals surface area contributed by atoms with E-state index >= 15 is 0 Å². The highest BCUT2D eigenvalue weighted by atomic mass is 35.5. The van der Waals surface area contributed by atoms with Gasteiger partial charge in [-0.1, -0.05) is 18.2 Å². The molecule has 0 saturated heterocycles. The van der Waals surface area contributed by atoms with Crippen LogP contribution in [0.25, 0.3) is 0 Å². The van der Waals surface area contributed by atoms with Gasteiger partial charge in [-0.15, -0.1) is 37.2 Å². The fourth-order valence-electron chi connectivity index (χ4n) is 1.03. The minimum absolute atomic E-state index is 0. The van der Waals surface area contributed by atoms with E-state index in [2.05, 4.69) is 10.3 Å². The van der Waals surface area contributed by atoms with Crippen LogP contribution in [0.4, 0.5) is 5.69 Å². The second-order valence-corrected chi connectivity index (χ2v) is 2.33. The molecule has 0 aliphatic carbocycles. The maximum Gasteiger partial charge on any atom is 0.0469 e. The van der Waals surface area contributed by atoms with Gasteiger partial charge in [0.15, 0.2) is 0 Å². The fraction of sp³-hybridized carbons (Fsp3) is 0. The molecule has 0 saturated carbocycles. The molecule has 0 radical (unpaired) electrons. The standard InChI is InChI=1S/C9H8N2.3ClH/c1-2-4-9-8(3-1)7-10-5-6-11-9;;;/h1-7,11H;3*1H. The number of benzene rings is 1. The van der Waals surface area contributed by atoms with Gasteiger partial charge in [0, 0.05) is 29.9 Å². The van der Waals surface area contributed by atoms with Gasteiger partial charge >= 0.3 is 0 Å². The van der Waals surface area contributed by atoms with Crippen LogP contribution in [0, 0.1) is 0 Å². The minimum atomic E-state index is 0. The smallest absolute Gasteiger partial charge is 0.0469 e. The lowest BCUT2D eigenvalue weighted by atomic mass is 10.2. The maximum atomic E-state index is 4.04. The van der Waals surface area contributed by atoms with Gasteiger partial charge in [-0.25, -0.2) is 0 Å². The molecule has 1 heterocycles. The lowest BCUT2D eigenvalue weighted by Crippen LogP contribution is -1.89. The summed E-state index contributed by atoms with van der Waals surface area (Å²) < 4.78 is 0. The molecule has 0 atom stereocenters. The Morgan fingerprint density at radius 3 is 2.50 bits per heavy atom. The van der Waals surface area contributed by atoms with Gasteiger partial charge in [0.1, 0.15) is 0 Å². The summed E-state index contributed by atoms with van der Waals surface area (Å²) in [5.41, 5.74) is 2.22. The molecule has 2 rings (SSSR count). The summed E-state index contributed by atoms with van der Waals surface area (Å²) in [5, 5.41) is 3.12. The van der Waals surface area contributed by atoms with Crippen molar-refractivity contribution >= 4 is 49.1 Å². The fourth-order valence-corrected chi connectivity index (χ4v) is 1.03. The van der Waals surface area contributed by atoms with Crippen LogP contribution in [0.5, 0.6) is 0 Å². The molecule has 0 unspecified atom stereocenters. The molecular formula is C9H11Cl3N2. The highest BCUT2D eigenvalue weighted by Gasteiger charge is 1.96. The maximum absolute atomic E-state index is 4.04. The number of aliphatic imine (C=N–C) groups is 1. The first-order chi connectivity index (χ1) is 5.47. The number of hydrogen-bond acceptors (Lipinski definition) is 2. The Hall–Kier alpha value is -0.700. The van der Waals surface area contributed by atoms with Gasteiger partial charge < -0.3 is 5.32 Å². The summed E-state index contributed by atoms with van der Waals surface area (Å²) in [6, 6.07) is 8.05. The number of para-hydroxylation sites is 1. The number of hydrogen-bond donors (Lipinski definition) is 1. The Labute approximate surface area is 102 Å². The van der Waals surface area contributed by atoms with Crippen molar-refractivity contribution in [3.63, 3.8) is 0 Å². The van der Waals surface area contributed by atoms with Gasteiger partial charge in [0.05, 0.1) is 0 Å². The van der Waals surface area contributed by atoms with E-state index in [4.69, 9.17) is 0 Å². The molecule has 0 spiro atoms. The summed E-state index contributed by atoms with van der Waals surface area (Å²) in [4.78, 5) is 4.04. The van der Waals surface area contributed by atoms with Crippen LogP contribution in [0.2, 0.25) is 0 Å². The molecule has 1 aromatic carbocycles. The topological polar surface area (TPSA) is 24.4 Å². The summed E-state index contributed by atoms with van der Waals surface area (Å²) in [5.74, 6) is 0. The molecule has 1 aliphatic rings. The van der Waals surface area contributed by atoms with Gasteiger partial charge in [-0.05, 0) is 6.07 Å². The number of anilines is 1. The van der Waals surface area contributed by atoms with E-state index in [-0.39, 0.29) is 37.2 Å². The lowest BCUT2D eigenvalue weighted by Gasteiger charge is -2.01. The van der Waals surface area contributed by atoms with E-state index < -0.39 is 0 Å². The Kier molecular flexibility index (Phi) is 8.65. The monoisotopic (exact) mass is 252 g/mol. The van der Waals surface area contributed by atoms with Crippen molar-refractivity contribution in [2.75, 3.05) is 5.32 Å². The number of nitrogens with one attached hydrogen (secondary N) is 1. The van der Waals surface area contributed by atoms with Crippen LogP contribution in [-0.2, 0) is 0 Å². The molecule has 1 aliphatic heterocycles. The van der Waals surface area contributed by atoms with Crippen molar-refractivity contribution < 1.29 is 0 Å². The number of rotatable bonds is 0. The zero-order valence-electron chi connectivity index (χ0n) is 7.21. The molecular weight excluding hydrogens is 242 g/mol. The van der Waals surface area contributed by atoms with Gasteiger partial charge in [0.2, 0.25) is 0 Å². The largest absolute Gasteiger partial charge is 0.360 e. The van der Waals surface area contributed by atoms with E-state index in [0.717, 1.165) is 11.3 Å². The summed E-state index contributed by atoms with van der Waals surface area (Å²) in [6.45, 7) is 0. The molecule has 14 heavy (non-hydrogen) atoms. The van der Waals surface area contributed by atoms with E-state index in [1.165, 1.54) is 0 Å². The Balaban J connectivity index is 0. The molecule has 0 fully saturated rings. The highest BCUT2D eigenvalue weighted by Crippen LogP contribution is 2.13. The first-order valence-corrected chi connectivity index (χ1v) is 3.50. The van der Waals surface area contributed by atoms with E-state index in [9.17, 15) is 0 Å². The zero-order chi connectivity index (χ0) is 7.52. The van der Waals surface area contributed by atoms with E-state index in [0.29, 0.717) is 0 Å². The van der Waals surface area contributed by atoms with E-state index in [1.54, 1.807) is 6.20 Å². The third-order valence-electron chi connectivity index (χ3n) is 1.57. The van der Waals surface area contributed by atoms with Crippen LogP contribution >= 0.6 is 37.2 Å². The molecule has 0 amide bonds. The van der Waals surface area contributed by atoms with Crippen LogP contribution in [0.15, 0.2) is 41.7 Å². The second-order valence-electron chi connectivity index (χ2n) is 2.33. The molecule has 1 N–H and O–H groups in total. The molecule has 2 nitrogen and oxygen atoms in total. The van der Waals surface area contributed by atoms with Crippen LogP contribution in [-0.4, -0.2) is 6.21 Å². The lowest BCUT2D eigenvalue weighted by molar-refractivity contribution is 1.55.